The lowest BCUT2D eigenvalue weighted by molar-refractivity contribution is 0.230. The van der Waals surface area contributed by atoms with Gasteiger partial charge >= 0.3 is 0 Å². The zero-order valence-electron chi connectivity index (χ0n) is 13.1. The largest absolute Gasteiger partial charge is 0.494 e. The Morgan fingerprint density at radius 1 is 0.957 bits per heavy atom. The molecule has 0 atom stereocenters. The lowest BCUT2D eigenvalue weighted by Crippen LogP contribution is -2.22. The Bertz CT molecular complexity index is 601. The number of amides is 1. The molecular weight excluding hydrogens is 310 g/mol. The molecule has 2 rings (SSSR count). The van der Waals surface area contributed by atoms with Gasteiger partial charge in [-0.1, -0.05) is 30.8 Å². The molecule has 122 valence electrons. The van der Waals surface area contributed by atoms with Crippen LogP contribution < -0.4 is 9.47 Å². The molecule has 0 spiro atoms. The molecule has 0 radical (unpaired) electrons. The topological polar surface area (TPSA) is 38.8 Å². The van der Waals surface area contributed by atoms with Gasteiger partial charge in [0.15, 0.2) is 0 Å². The maximum absolute atomic E-state index is 10.9. The number of unbranched alkanes of at least 4 members (excludes halogenated alkanes) is 1. The summed E-state index contributed by atoms with van der Waals surface area (Å²) in [5.74, 6) is 2.39. The Hall–Kier alpha value is -2.14. The van der Waals surface area contributed by atoms with E-state index in [-0.39, 0.29) is 5.24 Å². The number of ether oxygens (including phenoxy) is 2. The predicted molar refractivity (Wildman–Crippen MR) is 94.7 cm³/mol. The van der Waals surface area contributed by atoms with E-state index in [0.717, 1.165) is 30.1 Å². The normalized spacial score (nSPS) is 10.2. The maximum Gasteiger partial charge on any atom is 0.278 e. The molecule has 23 heavy (non-hydrogen) atoms. The van der Waals surface area contributed by atoms with Crippen LogP contribution in [0.25, 0.3) is 0 Å². The molecule has 0 heterocycles. The van der Waals surface area contributed by atoms with Crippen molar-refractivity contribution in [3.05, 3.63) is 54.6 Å². The van der Waals surface area contributed by atoms with Crippen molar-refractivity contribution < 1.29 is 14.3 Å². The number of benzene rings is 2. The van der Waals surface area contributed by atoms with Crippen molar-refractivity contribution >= 4 is 17.9 Å². The summed E-state index contributed by atoms with van der Waals surface area (Å²) in [6.07, 6.45) is 1.77. The van der Waals surface area contributed by atoms with Gasteiger partial charge in [-0.05, 0) is 49.2 Å². The van der Waals surface area contributed by atoms with Crippen molar-refractivity contribution in [3.8, 4) is 17.2 Å². The van der Waals surface area contributed by atoms with Crippen LogP contribution in [-0.4, -0.2) is 30.3 Å². The Labute approximate surface area is 142 Å². The molecule has 0 N–H and O–H groups in total. The van der Waals surface area contributed by atoms with E-state index in [9.17, 15) is 4.79 Å². The van der Waals surface area contributed by atoms with E-state index in [1.807, 2.05) is 54.6 Å². The smallest absolute Gasteiger partial charge is 0.278 e. The Morgan fingerprint density at radius 3 is 2.22 bits per heavy atom. The molecule has 2 aromatic rings. The van der Waals surface area contributed by atoms with Crippen LogP contribution in [0.2, 0.25) is 0 Å². The first-order chi connectivity index (χ1) is 11.1. The number of thiol groups is 1. The highest BCUT2D eigenvalue weighted by atomic mass is 32.1. The van der Waals surface area contributed by atoms with E-state index in [1.54, 1.807) is 11.9 Å². The van der Waals surface area contributed by atoms with Crippen LogP contribution in [0.4, 0.5) is 4.79 Å². The minimum absolute atomic E-state index is 0.208. The molecule has 0 saturated carbocycles. The monoisotopic (exact) mass is 331 g/mol. The molecule has 0 unspecified atom stereocenters. The van der Waals surface area contributed by atoms with Gasteiger partial charge in [-0.2, -0.15) is 0 Å². The lowest BCUT2D eigenvalue weighted by Gasteiger charge is -2.13. The zero-order chi connectivity index (χ0) is 16.5. The summed E-state index contributed by atoms with van der Waals surface area (Å²) in [4.78, 5) is 12.5. The minimum Gasteiger partial charge on any atom is -0.494 e. The van der Waals surface area contributed by atoms with Crippen LogP contribution >= 0.6 is 12.6 Å². The third-order valence-corrected chi connectivity index (χ3v) is 3.63. The van der Waals surface area contributed by atoms with Gasteiger partial charge in [0, 0.05) is 13.6 Å². The van der Waals surface area contributed by atoms with Gasteiger partial charge in [-0.15, -0.1) is 0 Å². The third kappa shape index (κ3) is 6.24. The van der Waals surface area contributed by atoms with Crippen molar-refractivity contribution in [2.75, 3.05) is 20.2 Å². The molecule has 0 aromatic heterocycles. The summed E-state index contributed by atoms with van der Waals surface area (Å²) in [6, 6.07) is 17.2. The first-order valence-electron chi connectivity index (χ1n) is 7.55. The van der Waals surface area contributed by atoms with E-state index >= 15 is 0 Å². The average molecular weight is 331 g/mol. The van der Waals surface area contributed by atoms with Gasteiger partial charge < -0.3 is 14.4 Å². The second-order valence-corrected chi connectivity index (χ2v) is 5.53. The predicted octanol–water partition coefficient (Wildman–Crippen LogP) is 4.62. The molecule has 0 bridgehead atoms. The summed E-state index contributed by atoms with van der Waals surface area (Å²) in [6.45, 7) is 1.31. The Balaban J connectivity index is 1.70. The molecule has 0 fully saturated rings. The SMILES string of the molecule is CN(CCCCOc1ccc(Oc2ccccc2)cc1)C(=O)S. The maximum atomic E-state index is 10.9. The van der Waals surface area contributed by atoms with E-state index in [2.05, 4.69) is 12.6 Å². The number of carbonyl (C=O) groups excluding carboxylic acids is 1. The van der Waals surface area contributed by atoms with Crippen molar-refractivity contribution in [2.45, 2.75) is 12.8 Å². The molecule has 2 aromatic carbocycles. The van der Waals surface area contributed by atoms with Gasteiger partial charge in [-0.25, -0.2) is 0 Å². The Morgan fingerprint density at radius 2 is 1.57 bits per heavy atom. The van der Waals surface area contributed by atoms with Crippen LogP contribution in [0.15, 0.2) is 54.6 Å². The molecule has 4 nitrogen and oxygen atoms in total. The van der Waals surface area contributed by atoms with Crippen LogP contribution in [-0.2, 0) is 0 Å². The second-order valence-electron chi connectivity index (χ2n) is 5.15. The summed E-state index contributed by atoms with van der Waals surface area (Å²) < 4.78 is 11.4. The van der Waals surface area contributed by atoms with E-state index in [0.29, 0.717) is 13.2 Å². The molecule has 5 heteroatoms. The summed E-state index contributed by atoms with van der Waals surface area (Å²) in [7, 11) is 1.74. The van der Waals surface area contributed by atoms with Crippen LogP contribution in [0.3, 0.4) is 0 Å². The van der Waals surface area contributed by atoms with Crippen molar-refractivity contribution in [1.29, 1.82) is 0 Å². The van der Waals surface area contributed by atoms with Gasteiger partial charge in [0.1, 0.15) is 17.2 Å². The number of rotatable bonds is 8. The summed E-state index contributed by atoms with van der Waals surface area (Å²) in [5.41, 5.74) is 0. The zero-order valence-corrected chi connectivity index (χ0v) is 14.0. The highest BCUT2D eigenvalue weighted by Gasteiger charge is 2.02. The first-order valence-corrected chi connectivity index (χ1v) is 8.00. The van der Waals surface area contributed by atoms with Crippen molar-refractivity contribution in [2.24, 2.45) is 0 Å². The minimum atomic E-state index is -0.208. The molecule has 0 saturated heterocycles. The quantitative estimate of drug-likeness (QED) is 0.567. The number of nitrogens with zero attached hydrogens (tertiary/aromatic N) is 1. The number of hydrogen-bond acceptors (Lipinski definition) is 3. The van der Waals surface area contributed by atoms with Gasteiger partial charge in [0.25, 0.3) is 5.24 Å². The van der Waals surface area contributed by atoms with Crippen molar-refractivity contribution in [1.82, 2.24) is 4.90 Å². The fraction of sp³-hybridized carbons (Fsp3) is 0.278. The fourth-order valence-electron chi connectivity index (χ4n) is 1.97. The van der Waals surface area contributed by atoms with E-state index < -0.39 is 0 Å². The van der Waals surface area contributed by atoms with Crippen LogP contribution in [0.1, 0.15) is 12.8 Å². The van der Waals surface area contributed by atoms with Gasteiger partial charge in [-0.3, -0.25) is 4.79 Å². The molecular formula is C18H21NO3S. The molecule has 0 aliphatic carbocycles. The average Bonchev–Trinajstić information content (AvgIpc) is 2.56. The van der Waals surface area contributed by atoms with E-state index in [1.165, 1.54) is 0 Å². The van der Waals surface area contributed by atoms with E-state index in [4.69, 9.17) is 9.47 Å². The first kappa shape index (κ1) is 17.2. The molecule has 0 aliphatic rings. The number of para-hydroxylation sites is 1. The van der Waals surface area contributed by atoms with Crippen LogP contribution in [0.5, 0.6) is 17.2 Å². The highest BCUT2D eigenvalue weighted by molar-refractivity contribution is 7.96. The third-order valence-electron chi connectivity index (χ3n) is 3.29. The number of hydrogen-bond donors (Lipinski definition) is 1. The Kier molecular flexibility index (Phi) is 6.81. The lowest BCUT2D eigenvalue weighted by atomic mass is 10.3. The highest BCUT2D eigenvalue weighted by Crippen LogP contribution is 2.23. The van der Waals surface area contributed by atoms with Gasteiger partial charge in [0.05, 0.1) is 6.61 Å². The molecule has 1 amide bonds. The molecule has 0 aliphatic heterocycles. The fourth-order valence-corrected chi connectivity index (χ4v) is 2.07. The summed E-state index contributed by atoms with van der Waals surface area (Å²) >= 11 is 3.76. The summed E-state index contributed by atoms with van der Waals surface area (Å²) in [5, 5.41) is -0.208. The van der Waals surface area contributed by atoms with Crippen molar-refractivity contribution in [3.63, 3.8) is 0 Å². The van der Waals surface area contributed by atoms with Gasteiger partial charge in [0.2, 0.25) is 0 Å². The second kappa shape index (κ2) is 9.10. The number of carbonyl (C=O) groups is 1. The standard InChI is InChI=1S/C18H21NO3S/c1-19(18(20)23)13-5-6-14-21-15-9-11-17(12-10-15)22-16-7-3-2-4-8-16/h2-4,7-12H,5-6,13-14H2,1H3,(H,20,23). The van der Waals surface area contributed by atoms with Crippen LogP contribution in [0, 0.1) is 0 Å².